The van der Waals surface area contributed by atoms with Gasteiger partial charge in [-0.3, -0.25) is 9.59 Å². The fourth-order valence-electron chi connectivity index (χ4n) is 4.90. The van der Waals surface area contributed by atoms with Crippen LogP contribution in [0.25, 0.3) is 11.1 Å². The van der Waals surface area contributed by atoms with Crippen molar-refractivity contribution in [3.05, 3.63) is 117 Å². The lowest BCUT2D eigenvalue weighted by atomic mass is 10.0. The normalized spacial score (nSPS) is 22.3. The zero-order chi connectivity index (χ0) is 44.3. The molecule has 48 heavy (non-hydrogen) atoms. The molecule has 5 rings (SSSR count). The lowest BCUT2D eigenvalue weighted by molar-refractivity contribution is -0.137. The number of nitrogens with zero attached hydrogens (tertiary/aromatic N) is 4. The van der Waals surface area contributed by atoms with Crippen molar-refractivity contribution in [1.82, 2.24) is 19.4 Å². The highest BCUT2D eigenvalue weighted by atomic mass is 32.2. The monoisotopic (exact) mass is 691 g/mol. The topological polar surface area (TPSA) is 58.4 Å². The molecule has 1 amide bonds. The van der Waals surface area contributed by atoms with Crippen molar-refractivity contribution in [1.29, 1.82) is 0 Å². The molecular formula is C37H40F4N4O2S. The van der Waals surface area contributed by atoms with Gasteiger partial charge in [-0.2, -0.15) is 18.2 Å². The Labute approximate surface area is 298 Å². The van der Waals surface area contributed by atoms with Crippen LogP contribution in [0.1, 0.15) is 63.8 Å². The number of fused-ring (bicyclic) bond motifs is 1. The molecule has 0 spiro atoms. The Morgan fingerprint density at radius 2 is 1.58 bits per heavy atom. The van der Waals surface area contributed by atoms with E-state index in [-0.39, 0.29) is 16.5 Å². The number of hydrogen-bond donors (Lipinski definition) is 0. The Bertz CT molecular complexity index is 2230. The molecule has 1 aliphatic rings. The van der Waals surface area contributed by atoms with E-state index >= 15 is 0 Å². The summed E-state index contributed by atoms with van der Waals surface area (Å²) < 4.78 is 150. The second kappa shape index (κ2) is 15.5. The number of thioether (sulfide) groups is 1. The number of carbonyl (C=O) groups excluding carboxylic acids is 1. The number of alkyl halides is 3. The van der Waals surface area contributed by atoms with Crippen LogP contribution in [-0.2, 0) is 42.5 Å². The molecule has 0 N–H and O–H groups in total. The Balaban J connectivity index is 1.62. The first kappa shape index (κ1) is 23.4. The molecule has 6 nitrogen and oxygen atoms in total. The zero-order valence-electron chi connectivity index (χ0n) is 37.3. The molecular weight excluding hydrogens is 640 g/mol. The summed E-state index contributed by atoms with van der Waals surface area (Å²) in [6.07, 6.45) is -10.4. The highest BCUT2D eigenvalue weighted by molar-refractivity contribution is 7.98. The van der Waals surface area contributed by atoms with Crippen LogP contribution >= 0.6 is 11.8 Å². The third kappa shape index (κ3) is 8.73. The van der Waals surface area contributed by atoms with Gasteiger partial charge in [-0.1, -0.05) is 81.1 Å². The molecule has 11 heteroatoms. The predicted octanol–water partition coefficient (Wildman–Crippen LogP) is 7.47. The van der Waals surface area contributed by atoms with E-state index in [9.17, 15) is 29.9 Å². The fraction of sp³-hybridized carbons (Fsp3) is 0.378. The summed E-state index contributed by atoms with van der Waals surface area (Å²) in [6.45, 7) is -6.59. The predicted molar refractivity (Wildman–Crippen MR) is 181 cm³/mol. The molecule has 1 heterocycles. The molecule has 0 aliphatic heterocycles. The van der Waals surface area contributed by atoms with Gasteiger partial charge in [-0.05, 0) is 78.2 Å². The van der Waals surface area contributed by atoms with E-state index in [4.69, 9.17) is 12.3 Å². The molecule has 1 atom stereocenters. The van der Waals surface area contributed by atoms with E-state index in [1.807, 2.05) is 0 Å². The van der Waals surface area contributed by atoms with Crippen LogP contribution in [0.5, 0.6) is 0 Å². The smallest absolute Gasteiger partial charge is 0.336 e. The molecule has 1 aromatic heterocycles. The minimum Gasteiger partial charge on any atom is -0.336 e. The van der Waals surface area contributed by atoms with E-state index in [1.165, 1.54) is 60.7 Å². The first-order valence-electron chi connectivity index (χ1n) is 20.3. The maximum atomic E-state index is 14.7. The van der Waals surface area contributed by atoms with E-state index in [0.29, 0.717) is 21.6 Å². The summed E-state index contributed by atoms with van der Waals surface area (Å²) in [5.74, 6) is -4.29. The van der Waals surface area contributed by atoms with Crippen LogP contribution in [0.2, 0.25) is 0 Å². The Hall–Kier alpha value is -3.96. The van der Waals surface area contributed by atoms with Gasteiger partial charge in [0.05, 0.1) is 8.30 Å². The Kier molecular flexibility index (Phi) is 7.56. The van der Waals surface area contributed by atoms with Crippen molar-refractivity contribution in [2.75, 3.05) is 26.1 Å². The van der Waals surface area contributed by atoms with Gasteiger partial charge in [0.15, 0.2) is 5.16 Å². The van der Waals surface area contributed by atoms with Crippen LogP contribution < -0.4 is 5.56 Å². The van der Waals surface area contributed by atoms with Gasteiger partial charge in [-0.15, -0.1) is 0 Å². The average molecular weight is 692 g/mol. The quantitative estimate of drug-likeness (QED) is 0.0828. The van der Waals surface area contributed by atoms with Crippen LogP contribution in [0.15, 0.2) is 82.7 Å². The number of halogens is 4. The van der Waals surface area contributed by atoms with Crippen molar-refractivity contribution in [3.8, 4) is 11.1 Å². The largest absolute Gasteiger partial charge is 0.416 e. The molecule has 0 fully saturated rings. The van der Waals surface area contributed by atoms with Crippen molar-refractivity contribution in [2.45, 2.75) is 63.6 Å². The van der Waals surface area contributed by atoms with Crippen LogP contribution in [0.4, 0.5) is 17.6 Å². The van der Waals surface area contributed by atoms with Gasteiger partial charge in [0.1, 0.15) is 12.4 Å². The highest BCUT2D eigenvalue weighted by Crippen LogP contribution is 2.32. The Morgan fingerprint density at radius 3 is 2.19 bits per heavy atom. The second-order valence-corrected chi connectivity index (χ2v) is 11.7. The van der Waals surface area contributed by atoms with E-state index < -0.39 is 98.0 Å². The third-order valence-electron chi connectivity index (χ3n) is 7.42. The van der Waals surface area contributed by atoms with Crippen LogP contribution in [0, 0.1) is 11.7 Å². The summed E-state index contributed by atoms with van der Waals surface area (Å²) >= 11 is 0.816. The molecule has 0 saturated carbocycles. The van der Waals surface area contributed by atoms with Crippen molar-refractivity contribution in [2.24, 2.45) is 5.89 Å². The molecule has 0 saturated heterocycles. The summed E-state index contributed by atoms with van der Waals surface area (Å²) in [6, 6.07) is 14.9. The Morgan fingerprint density at radius 1 is 0.979 bits per heavy atom. The van der Waals surface area contributed by atoms with Crippen molar-refractivity contribution >= 4 is 17.7 Å². The summed E-state index contributed by atoms with van der Waals surface area (Å²) in [4.78, 5) is 33.6. The lowest BCUT2D eigenvalue weighted by Crippen LogP contribution is -2.40. The maximum absolute atomic E-state index is 14.7. The molecule has 254 valence electrons. The fourth-order valence-corrected chi connectivity index (χ4v) is 5.85. The SMILES string of the molecule is [2H]C([2H])(C)N(CCN(C(=O)Cn1c(SCc2ccc(F)cc2)nc(=O)c2c1C([2H])([2H])C([2H])(C)C2([2H])[2H])C([2H])([2H])c1ccc(-c2ccc(C(F)(F)F)cc2)cc1)C([2H])([2H])C. The highest BCUT2D eigenvalue weighted by Gasteiger charge is 2.30. The maximum Gasteiger partial charge on any atom is 0.416 e. The average Bonchev–Trinajstić information content (AvgIpc) is 3.23. The number of hydrogen-bond acceptors (Lipinski definition) is 5. The van der Waals surface area contributed by atoms with Gasteiger partial charge in [0.2, 0.25) is 5.91 Å². The summed E-state index contributed by atoms with van der Waals surface area (Å²) in [5.41, 5.74) is -2.42. The van der Waals surface area contributed by atoms with E-state index in [0.717, 1.165) is 54.1 Å². The number of carbonyl (C=O) groups is 1. The number of amides is 1. The lowest BCUT2D eigenvalue weighted by Gasteiger charge is -2.28. The number of rotatable bonds is 13. The van der Waals surface area contributed by atoms with Crippen LogP contribution in [0.3, 0.4) is 0 Å². The number of benzene rings is 3. The third-order valence-corrected chi connectivity index (χ3v) is 8.47. The van der Waals surface area contributed by atoms with E-state index in [2.05, 4.69) is 4.98 Å². The minimum atomic E-state index is -4.57. The number of aromatic nitrogens is 2. The van der Waals surface area contributed by atoms with Crippen LogP contribution in [-0.4, -0.2) is 51.3 Å². The number of likely N-dealkylation sites (N-methyl/N-ethyl adjacent to an activating group) is 1. The zero-order valence-corrected chi connectivity index (χ0v) is 27.1. The van der Waals surface area contributed by atoms with Gasteiger partial charge < -0.3 is 14.4 Å². The first-order valence-corrected chi connectivity index (χ1v) is 15.8. The summed E-state index contributed by atoms with van der Waals surface area (Å²) in [7, 11) is 0. The standard InChI is InChI=1S/C37H40F4N4O2S/c1-4-43(5-2)18-19-44(22-26-6-10-28(11-7-26)29-12-14-30(15-13-29)37(39,40)41)34(46)23-45-33-21-25(3)20-32(33)35(47)42-36(45)48-24-27-8-16-31(38)17-9-27/h6-17,25H,4-5,18-24H2,1-3H3/i4D2,5D2,20D2,21D2,22D2,25D. The first-order chi connectivity index (χ1) is 26.9. The summed E-state index contributed by atoms with van der Waals surface area (Å²) in [5, 5.41) is -0.304. The van der Waals surface area contributed by atoms with Crippen molar-refractivity contribution in [3.63, 3.8) is 0 Å². The van der Waals surface area contributed by atoms with Gasteiger partial charge in [0.25, 0.3) is 5.56 Å². The molecule has 1 unspecified atom stereocenters. The molecule has 1 aliphatic carbocycles. The molecule has 0 radical (unpaired) electrons. The van der Waals surface area contributed by atoms with Gasteiger partial charge >= 0.3 is 6.18 Å². The van der Waals surface area contributed by atoms with Gasteiger partial charge in [-0.25, -0.2) is 4.39 Å². The molecule has 0 bridgehead atoms. The second-order valence-electron chi connectivity index (χ2n) is 10.7. The van der Waals surface area contributed by atoms with E-state index in [1.54, 1.807) is 0 Å². The molecule has 4 aromatic rings. The van der Waals surface area contributed by atoms with Gasteiger partial charge in [0, 0.05) is 48.9 Å². The van der Waals surface area contributed by atoms with Crippen molar-refractivity contribution < 1.29 is 37.4 Å². The molecule has 3 aromatic carbocycles. The minimum absolute atomic E-state index is 0.00429.